The Morgan fingerprint density at radius 1 is 1.50 bits per heavy atom. The fourth-order valence-corrected chi connectivity index (χ4v) is 2.27. The van der Waals surface area contributed by atoms with Crippen LogP contribution >= 0.6 is 22.9 Å². The molecule has 3 nitrogen and oxygen atoms in total. The molecule has 0 radical (unpaired) electrons. The lowest BCUT2D eigenvalue weighted by atomic mass is 10.5. The fourth-order valence-electron chi connectivity index (χ4n) is 1.07. The van der Waals surface area contributed by atoms with Gasteiger partial charge in [0.05, 0.1) is 23.1 Å². The number of aryl methyl sites for hydroxylation is 1. The third-order valence-electron chi connectivity index (χ3n) is 1.55. The molecule has 2 rings (SSSR count). The highest BCUT2D eigenvalue weighted by atomic mass is 35.5. The SMILES string of the molecule is Cc1nc(Cl)c(C2OCCO2)s1. The van der Waals surface area contributed by atoms with E-state index in [9.17, 15) is 0 Å². The summed E-state index contributed by atoms with van der Waals surface area (Å²) in [5.74, 6) is 0. The molecule has 1 aromatic heterocycles. The molecule has 0 N–H and O–H groups in total. The van der Waals surface area contributed by atoms with Crippen LogP contribution in [0.3, 0.4) is 0 Å². The lowest BCUT2D eigenvalue weighted by molar-refractivity contribution is -0.0413. The minimum atomic E-state index is -0.288. The molecule has 0 atom stereocenters. The molecule has 5 heteroatoms. The summed E-state index contributed by atoms with van der Waals surface area (Å²) in [6.45, 7) is 3.19. The molecule has 1 saturated heterocycles. The van der Waals surface area contributed by atoms with E-state index in [1.54, 1.807) is 0 Å². The van der Waals surface area contributed by atoms with E-state index in [1.165, 1.54) is 11.3 Å². The zero-order valence-corrected chi connectivity index (χ0v) is 8.11. The van der Waals surface area contributed by atoms with Gasteiger partial charge in [-0.2, -0.15) is 0 Å². The molecule has 0 aromatic carbocycles. The number of aromatic nitrogens is 1. The highest BCUT2D eigenvalue weighted by Gasteiger charge is 2.23. The molecule has 0 spiro atoms. The van der Waals surface area contributed by atoms with Gasteiger partial charge in [0, 0.05) is 0 Å². The summed E-state index contributed by atoms with van der Waals surface area (Å²) in [6.07, 6.45) is -0.288. The first-order chi connectivity index (χ1) is 5.77. The van der Waals surface area contributed by atoms with Crippen molar-refractivity contribution < 1.29 is 9.47 Å². The number of hydrogen-bond acceptors (Lipinski definition) is 4. The molecule has 1 fully saturated rings. The topological polar surface area (TPSA) is 31.4 Å². The van der Waals surface area contributed by atoms with Gasteiger partial charge in [0.1, 0.15) is 5.15 Å². The second-order valence-corrected chi connectivity index (χ2v) is 4.05. The van der Waals surface area contributed by atoms with Gasteiger partial charge >= 0.3 is 0 Å². The molecule has 66 valence electrons. The number of thiazole rings is 1. The standard InChI is InChI=1S/C7H8ClNO2S/c1-4-9-6(8)5(12-4)7-10-2-3-11-7/h7H,2-3H2,1H3. The summed E-state index contributed by atoms with van der Waals surface area (Å²) in [4.78, 5) is 4.96. The average Bonchev–Trinajstić information content (AvgIpc) is 2.58. The van der Waals surface area contributed by atoms with Gasteiger partial charge in [-0.25, -0.2) is 4.98 Å². The summed E-state index contributed by atoms with van der Waals surface area (Å²) >= 11 is 7.38. The number of rotatable bonds is 1. The van der Waals surface area contributed by atoms with Crippen molar-refractivity contribution in [3.8, 4) is 0 Å². The van der Waals surface area contributed by atoms with Crippen LogP contribution in [0.5, 0.6) is 0 Å². The molecule has 0 unspecified atom stereocenters. The van der Waals surface area contributed by atoms with E-state index < -0.39 is 0 Å². The molecular formula is C7H8ClNO2S. The molecular weight excluding hydrogens is 198 g/mol. The van der Waals surface area contributed by atoms with Gasteiger partial charge in [-0.3, -0.25) is 0 Å². The maximum Gasteiger partial charge on any atom is 0.196 e. The van der Waals surface area contributed by atoms with Crippen LogP contribution in [0.1, 0.15) is 16.2 Å². The Morgan fingerprint density at radius 2 is 2.17 bits per heavy atom. The predicted molar refractivity (Wildman–Crippen MR) is 46.5 cm³/mol. The molecule has 0 aliphatic carbocycles. The minimum Gasteiger partial charge on any atom is -0.345 e. The Labute approximate surface area is 79.3 Å². The smallest absolute Gasteiger partial charge is 0.196 e. The van der Waals surface area contributed by atoms with Crippen molar-refractivity contribution in [2.75, 3.05) is 13.2 Å². The van der Waals surface area contributed by atoms with Crippen LogP contribution in [0.2, 0.25) is 5.15 Å². The molecule has 0 amide bonds. The lowest BCUT2D eigenvalue weighted by Crippen LogP contribution is -1.94. The van der Waals surface area contributed by atoms with Crippen molar-refractivity contribution in [3.63, 3.8) is 0 Å². The predicted octanol–water partition coefficient (Wildman–Crippen LogP) is 2.15. The number of ether oxygens (including phenoxy) is 2. The summed E-state index contributed by atoms with van der Waals surface area (Å²) in [6, 6.07) is 0. The Balaban J connectivity index is 2.25. The number of hydrogen-bond donors (Lipinski definition) is 0. The van der Waals surface area contributed by atoms with E-state index in [2.05, 4.69) is 4.98 Å². The fraction of sp³-hybridized carbons (Fsp3) is 0.571. The molecule has 12 heavy (non-hydrogen) atoms. The summed E-state index contributed by atoms with van der Waals surface area (Å²) in [7, 11) is 0. The van der Waals surface area contributed by atoms with E-state index in [-0.39, 0.29) is 6.29 Å². The van der Waals surface area contributed by atoms with Crippen LogP contribution < -0.4 is 0 Å². The van der Waals surface area contributed by atoms with E-state index in [0.717, 1.165) is 9.88 Å². The lowest BCUT2D eigenvalue weighted by Gasteiger charge is -2.04. The van der Waals surface area contributed by atoms with E-state index in [1.807, 2.05) is 6.92 Å². The quantitative estimate of drug-likeness (QED) is 0.704. The monoisotopic (exact) mass is 205 g/mol. The summed E-state index contributed by atoms with van der Waals surface area (Å²) in [5.41, 5.74) is 0. The van der Waals surface area contributed by atoms with Crippen molar-refractivity contribution in [1.82, 2.24) is 4.98 Å². The molecule has 0 saturated carbocycles. The average molecular weight is 206 g/mol. The maximum absolute atomic E-state index is 5.86. The van der Waals surface area contributed by atoms with Crippen LogP contribution in [0, 0.1) is 6.92 Å². The Bertz CT molecular complexity index is 283. The third-order valence-corrected chi connectivity index (χ3v) is 2.95. The Hall–Kier alpha value is -0.160. The van der Waals surface area contributed by atoms with E-state index in [0.29, 0.717) is 18.4 Å². The molecule has 1 aliphatic heterocycles. The first kappa shape index (κ1) is 8.44. The van der Waals surface area contributed by atoms with Crippen molar-refractivity contribution in [2.45, 2.75) is 13.2 Å². The maximum atomic E-state index is 5.86. The van der Waals surface area contributed by atoms with E-state index >= 15 is 0 Å². The van der Waals surface area contributed by atoms with Crippen molar-refractivity contribution in [2.24, 2.45) is 0 Å². The van der Waals surface area contributed by atoms with Gasteiger partial charge in [-0.15, -0.1) is 11.3 Å². The highest BCUT2D eigenvalue weighted by Crippen LogP contribution is 2.33. The first-order valence-electron chi connectivity index (χ1n) is 3.63. The van der Waals surface area contributed by atoms with Gasteiger partial charge < -0.3 is 9.47 Å². The normalized spacial score (nSPS) is 18.8. The van der Waals surface area contributed by atoms with E-state index in [4.69, 9.17) is 21.1 Å². The first-order valence-corrected chi connectivity index (χ1v) is 4.83. The van der Waals surface area contributed by atoms with Gasteiger partial charge in [0.15, 0.2) is 6.29 Å². The van der Waals surface area contributed by atoms with Crippen molar-refractivity contribution >= 4 is 22.9 Å². The van der Waals surface area contributed by atoms with Gasteiger partial charge in [-0.1, -0.05) is 11.6 Å². The van der Waals surface area contributed by atoms with Crippen LogP contribution in [-0.4, -0.2) is 18.2 Å². The summed E-state index contributed by atoms with van der Waals surface area (Å²) < 4.78 is 10.6. The second-order valence-electron chi connectivity index (χ2n) is 2.46. The Morgan fingerprint density at radius 3 is 2.67 bits per heavy atom. The van der Waals surface area contributed by atoms with Crippen LogP contribution in [0.25, 0.3) is 0 Å². The van der Waals surface area contributed by atoms with Gasteiger partial charge in [0.25, 0.3) is 0 Å². The van der Waals surface area contributed by atoms with Crippen LogP contribution in [0.15, 0.2) is 0 Å². The van der Waals surface area contributed by atoms with Gasteiger partial charge in [0.2, 0.25) is 0 Å². The minimum absolute atomic E-state index is 0.288. The largest absolute Gasteiger partial charge is 0.345 e. The zero-order valence-electron chi connectivity index (χ0n) is 6.54. The van der Waals surface area contributed by atoms with Crippen molar-refractivity contribution in [3.05, 3.63) is 15.0 Å². The third kappa shape index (κ3) is 1.47. The van der Waals surface area contributed by atoms with Crippen molar-refractivity contribution in [1.29, 1.82) is 0 Å². The van der Waals surface area contributed by atoms with Gasteiger partial charge in [-0.05, 0) is 6.92 Å². The molecule has 1 aliphatic rings. The molecule has 2 heterocycles. The van der Waals surface area contributed by atoms with Crippen LogP contribution in [-0.2, 0) is 9.47 Å². The number of nitrogens with zero attached hydrogens (tertiary/aromatic N) is 1. The molecule has 1 aromatic rings. The highest BCUT2D eigenvalue weighted by molar-refractivity contribution is 7.12. The van der Waals surface area contributed by atoms with Crippen LogP contribution in [0.4, 0.5) is 0 Å². The Kier molecular flexibility index (Phi) is 2.32. The second kappa shape index (κ2) is 3.30. The number of halogens is 1. The molecule has 0 bridgehead atoms. The summed E-state index contributed by atoms with van der Waals surface area (Å²) in [5, 5.41) is 1.44. The zero-order chi connectivity index (χ0) is 8.55.